The molecule has 1 aliphatic heterocycles. The Kier molecular flexibility index (Phi) is 9.36. The van der Waals surface area contributed by atoms with E-state index in [4.69, 9.17) is 23.2 Å². The number of nitrogens with zero attached hydrogens (tertiary/aromatic N) is 1. The van der Waals surface area contributed by atoms with Crippen LogP contribution in [0.5, 0.6) is 0 Å². The van der Waals surface area contributed by atoms with E-state index in [9.17, 15) is 9.59 Å². The largest absolute Gasteiger partial charge is 0.274 e. The number of hydrogen-bond acceptors (Lipinski definition) is 2. The fraction of sp³-hybridized carbons (Fsp3) is 0.545. The van der Waals surface area contributed by atoms with Gasteiger partial charge in [0.05, 0.1) is 11.6 Å². The number of benzene rings is 1. The number of halogens is 2. The summed E-state index contributed by atoms with van der Waals surface area (Å²) in [6, 6.07) is 4.78. The minimum Gasteiger partial charge on any atom is -0.274 e. The van der Waals surface area contributed by atoms with Crippen LogP contribution in [-0.2, 0) is 9.59 Å². The van der Waals surface area contributed by atoms with Gasteiger partial charge in [0.15, 0.2) is 0 Å². The summed E-state index contributed by atoms with van der Waals surface area (Å²) in [6.07, 6.45) is 15.1. The highest BCUT2D eigenvalue weighted by molar-refractivity contribution is 6.35. The van der Waals surface area contributed by atoms with Gasteiger partial charge in [0.25, 0.3) is 0 Å². The first-order chi connectivity index (χ1) is 13.0. The summed E-state index contributed by atoms with van der Waals surface area (Å²) >= 11 is 12.0. The van der Waals surface area contributed by atoms with E-state index in [0.717, 1.165) is 6.42 Å². The highest BCUT2D eigenvalue weighted by Gasteiger charge is 2.38. The minimum atomic E-state index is -0.291. The molecule has 0 spiro atoms. The molecular weight excluding hydrogens is 381 g/mol. The first-order valence-electron chi connectivity index (χ1n) is 10.0. The van der Waals surface area contributed by atoms with Gasteiger partial charge in [-0.2, -0.15) is 0 Å². The molecule has 0 saturated carbocycles. The van der Waals surface area contributed by atoms with Gasteiger partial charge in [-0.05, 0) is 37.5 Å². The van der Waals surface area contributed by atoms with Crippen LogP contribution < -0.4 is 4.90 Å². The van der Waals surface area contributed by atoms with Crippen molar-refractivity contribution in [3.63, 3.8) is 0 Å². The SMILES string of the molecule is CCCCCCCCC/C=C/CC1CC(=O)N(c2cc(Cl)cc(Cl)c2)C1=O. The van der Waals surface area contributed by atoms with Crippen molar-refractivity contribution in [2.24, 2.45) is 5.92 Å². The lowest BCUT2D eigenvalue weighted by Crippen LogP contribution is -2.30. The third-order valence-electron chi connectivity index (χ3n) is 4.91. The number of rotatable bonds is 11. The van der Waals surface area contributed by atoms with Crippen molar-refractivity contribution in [1.29, 1.82) is 0 Å². The van der Waals surface area contributed by atoms with E-state index in [-0.39, 0.29) is 24.2 Å². The Balaban J connectivity index is 1.75. The topological polar surface area (TPSA) is 37.4 Å². The molecule has 5 heteroatoms. The summed E-state index contributed by atoms with van der Waals surface area (Å²) in [4.78, 5) is 26.1. The molecule has 3 nitrogen and oxygen atoms in total. The Bertz CT molecular complexity index is 652. The normalized spacial score (nSPS) is 17.4. The summed E-state index contributed by atoms with van der Waals surface area (Å²) in [6.45, 7) is 2.23. The molecule has 1 aliphatic rings. The van der Waals surface area contributed by atoms with Crippen LogP contribution in [0.4, 0.5) is 5.69 Å². The first-order valence-corrected chi connectivity index (χ1v) is 10.8. The first kappa shape index (κ1) is 22.0. The van der Waals surface area contributed by atoms with E-state index in [1.807, 2.05) is 6.08 Å². The van der Waals surface area contributed by atoms with E-state index < -0.39 is 0 Å². The molecule has 2 amide bonds. The van der Waals surface area contributed by atoms with Gasteiger partial charge in [0.1, 0.15) is 0 Å². The number of allylic oxidation sites excluding steroid dienone is 2. The molecule has 2 rings (SSSR count). The van der Waals surface area contributed by atoms with E-state index in [2.05, 4.69) is 13.0 Å². The van der Waals surface area contributed by atoms with E-state index in [1.165, 1.54) is 49.8 Å². The van der Waals surface area contributed by atoms with Crippen molar-refractivity contribution in [2.45, 2.75) is 71.1 Å². The molecular formula is C22H29Cl2NO2. The summed E-state index contributed by atoms with van der Waals surface area (Å²) in [5.74, 6) is -0.650. The predicted octanol–water partition coefficient (Wildman–Crippen LogP) is 6.96. The van der Waals surface area contributed by atoms with Gasteiger partial charge in [-0.1, -0.05) is 80.8 Å². The van der Waals surface area contributed by atoms with E-state index >= 15 is 0 Å². The van der Waals surface area contributed by atoms with Gasteiger partial charge in [-0.15, -0.1) is 0 Å². The average Bonchev–Trinajstić information content (AvgIpc) is 2.89. The van der Waals surface area contributed by atoms with Gasteiger partial charge in [0.2, 0.25) is 11.8 Å². The number of carbonyl (C=O) groups is 2. The Morgan fingerprint density at radius 2 is 1.59 bits per heavy atom. The van der Waals surface area contributed by atoms with Crippen LogP contribution in [0.15, 0.2) is 30.4 Å². The summed E-state index contributed by atoms with van der Waals surface area (Å²) < 4.78 is 0. The Morgan fingerprint density at radius 1 is 0.963 bits per heavy atom. The van der Waals surface area contributed by atoms with Crippen molar-refractivity contribution in [3.05, 3.63) is 40.4 Å². The van der Waals surface area contributed by atoms with Crippen LogP contribution in [0.3, 0.4) is 0 Å². The maximum absolute atomic E-state index is 12.6. The van der Waals surface area contributed by atoms with Crippen LogP contribution in [0.1, 0.15) is 71.1 Å². The molecule has 1 unspecified atom stereocenters. The number of anilines is 1. The van der Waals surface area contributed by atoms with Crippen LogP contribution in [0.2, 0.25) is 10.0 Å². The van der Waals surface area contributed by atoms with Gasteiger partial charge < -0.3 is 0 Å². The Morgan fingerprint density at radius 3 is 2.26 bits per heavy atom. The molecule has 0 radical (unpaired) electrons. The second-order valence-corrected chi connectivity index (χ2v) is 8.09. The quantitative estimate of drug-likeness (QED) is 0.225. The van der Waals surface area contributed by atoms with Crippen LogP contribution in [-0.4, -0.2) is 11.8 Å². The highest BCUT2D eigenvalue weighted by Crippen LogP contribution is 2.32. The maximum atomic E-state index is 12.6. The molecule has 0 aliphatic carbocycles. The molecule has 0 aromatic heterocycles. The van der Waals surface area contributed by atoms with Gasteiger partial charge >= 0.3 is 0 Å². The molecule has 1 saturated heterocycles. The number of amides is 2. The third kappa shape index (κ3) is 6.97. The summed E-state index contributed by atoms with van der Waals surface area (Å²) in [5.41, 5.74) is 0.456. The zero-order valence-electron chi connectivity index (χ0n) is 16.1. The number of imide groups is 1. The summed E-state index contributed by atoms with van der Waals surface area (Å²) in [5, 5.41) is 0.826. The van der Waals surface area contributed by atoms with Gasteiger partial charge in [0, 0.05) is 16.5 Å². The van der Waals surface area contributed by atoms with Crippen LogP contribution >= 0.6 is 23.2 Å². The maximum Gasteiger partial charge on any atom is 0.237 e. The predicted molar refractivity (Wildman–Crippen MR) is 113 cm³/mol. The fourth-order valence-electron chi connectivity index (χ4n) is 3.42. The zero-order chi connectivity index (χ0) is 19.6. The lowest BCUT2D eigenvalue weighted by atomic mass is 10.0. The molecule has 148 valence electrons. The second-order valence-electron chi connectivity index (χ2n) is 7.21. The lowest BCUT2D eigenvalue weighted by molar-refractivity contribution is -0.122. The molecule has 1 heterocycles. The minimum absolute atomic E-state index is 0.168. The zero-order valence-corrected chi connectivity index (χ0v) is 17.6. The average molecular weight is 410 g/mol. The summed E-state index contributed by atoms with van der Waals surface area (Å²) in [7, 11) is 0. The van der Waals surface area contributed by atoms with Gasteiger partial charge in [-0.3, -0.25) is 14.5 Å². The van der Waals surface area contributed by atoms with E-state index in [1.54, 1.807) is 18.2 Å². The van der Waals surface area contributed by atoms with Crippen molar-refractivity contribution in [2.75, 3.05) is 4.90 Å². The van der Waals surface area contributed by atoms with Crippen LogP contribution in [0, 0.1) is 5.92 Å². The highest BCUT2D eigenvalue weighted by atomic mass is 35.5. The van der Waals surface area contributed by atoms with Crippen LogP contribution in [0.25, 0.3) is 0 Å². The van der Waals surface area contributed by atoms with E-state index in [0.29, 0.717) is 22.2 Å². The molecule has 0 N–H and O–H groups in total. The van der Waals surface area contributed by atoms with Crippen molar-refractivity contribution in [1.82, 2.24) is 0 Å². The number of unbranched alkanes of at least 4 members (excludes halogenated alkanes) is 7. The molecule has 1 aromatic rings. The van der Waals surface area contributed by atoms with Crippen molar-refractivity contribution >= 4 is 40.7 Å². The molecule has 27 heavy (non-hydrogen) atoms. The fourth-order valence-corrected chi connectivity index (χ4v) is 3.93. The standard InChI is InChI=1S/C22H29Cl2NO2/c1-2-3-4-5-6-7-8-9-10-11-12-17-13-21(26)25(22(17)27)20-15-18(23)14-19(24)16-20/h10-11,14-17H,2-9,12-13H2,1H3/b11-10+. The smallest absolute Gasteiger partial charge is 0.237 e. The number of hydrogen-bond donors (Lipinski definition) is 0. The van der Waals surface area contributed by atoms with Crippen molar-refractivity contribution in [3.8, 4) is 0 Å². The molecule has 0 bridgehead atoms. The van der Waals surface area contributed by atoms with Gasteiger partial charge in [-0.25, -0.2) is 0 Å². The molecule has 1 aromatic carbocycles. The Labute approximate surface area is 172 Å². The second kappa shape index (κ2) is 11.5. The number of carbonyl (C=O) groups excluding carboxylic acids is 2. The lowest BCUT2D eigenvalue weighted by Gasteiger charge is -2.15. The molecule has 1 fully saturated rings. The monoisotopic (exact) mass is 409 g/mol. The Hall–Kier alpha value is -1.32. The van der Waals surface area contributed by atoms with Crippen molar-refractivity contribution < 1.29 is 9.59 Å². The molecule has 1 atom stereocenters. The third-order valence-corrected chi connectivity index (χ3v) is 5.34.